The van der Waals surface area contributed by atoms with Crippen molar-refractivity contribution in [3.8, 4) is 5.75 Å². The lowest BCUT2D eigenvalue weighted by Gasteiger charge is -2.16. The van der Waals surface area contributed by atoms with E-state index in [0.717, 1.165) is 11.1 Å². The van der Waals surface area contributed by atoms with Crippen LogP contribution in [0.5, 0.6) is 5.75 Å². The molecule has 0 unspecified atom stereocenters. The van der Waals surface area contributed by atoms with E-state index in [9.17, 15) is 0 Å². The minimum atomic E-state index is -0.0640. The molecule has 0 amide bonds. The predicted octanol–water partition coefficient (Wildman–Crippen LogP) is 3.92. The van der Waals surface area contributed by atoms with Gasteiger partial charge in [0.1, 0.15) is 10.9 Å². The number of allylic oxidation sites excluding steroid dienone is 3. The quantitative estimate of drug-likeness (QED) is 0.739. The van der Waals surface area contributed by atoms with Gasteiger partial charge in [-0.15, -0.1) is 0 Å². The fourth-order valence-corrected chi connectivity index (χ4v) is 2.17. The molecule has 0 fully saturated rings. The topological polar surface area (TPSA) is 71.1 Å². The van der Waals surface area contributed by atoms with Gasteiger partial charge < -0.3 is 15.8 Å². The van der Waals surface area contributed by atoms with Crippen molar-refractivity contribution in [2.24, 2.45) is 5.73 Å². The molecule has 5 heteroatoms. The first-order valence-corrected chi connectivity index (χ1v) is 7.44. The van der Waals surface area contributed by atoms with E-state index in [-0.39, 0.29) is 5.17 Å². The van der Waals surface area contributed by atoms with Crippen molar-refractivity contribution in [2.45, 2.75) is 20.8 Å². The van der Waals surface area contributed by atoms with Gasteiger partial charge in [0, 0.05) is 29.1 Å². The maximum atomic E-state index is 7.61. The van der Waals surface area contributed by atoms with E-state index in [1.54, 1.807) is 25.6 Å². The lowest BCUT2D eigenvalue weighted by molar-refractivity contribution is 0.413. The first-order chi connectivity index (χ1) is 10.5. The summed E-state index contributed by atoms with van der Waals surface area (Å²) in [6.07, 6.45) is 5.19. The summed E-state index contributed by atoms with van der Waals surface area (Å²) in [6, 6.07) is 5.79. The number of dihydropyridines is 1. The summed E-state index contributed by atoms with van der Waals surface area (Å²) in [4.78, 5) is 0. The average Bonchev–Trinajstić information content (AvgIpc) is 2.55. The Labute approximate surface area is 136 Å². The van der Waals surface area contributed by atoms with Gasteiger partial charge in [-0.3, -0.25) is 5.41 Å². The molecule has 4 nitrogen and oxygen atoms in total. The molecule has 1 heterocycles. The highest BCUT2D eigenvalue weighted by Gasteiger charge is 2.16. The molecule has 118 valence electrons. The van der Waals surface area contributed by atoms with Gasteiger partial charge in [0.2, 0.25) is 0 Å². The van der Waals surface area contributed by atoms with Gasteiger partial charge in [-0.2, -0.15) is 0 Å². The van der Waals surface area contributed by atoms with Gasteiger partial charge in [-0.1, -0.05) is 31.5 Å². The maximum Gasteiger partial charge on any atom is 0.130 e. The molecule has 0 aromatic heterocycles. The summed E-state index contributed by atoms with van der Waals surface area (Å²) >= 11 is 5.80. The highest BCUT2D eigenvalue weighted by molar-refractivity contribution is 6.69. The van der Waals surface area contributed by atoms with Crippen LogP contribution in [0.25, 0.3) is 5.70 Å². The molecule has 0 radical (unpaired) electrons. The van der Waals surface area contributed by atoms with E-state index in [1.807, 2.05) is 39.0 Å². The number of rotatable bonds is 3. The normalized spacial score (nSPS) is 15.0. The second kappa shape index (κ2) is 8.29. The van der Waals surface area contributed by atoms with E-state index in [2.05, 4.69) is 5.32 Å². The monoisotopic (exact) mass is 319 g/mol. The van der Waals surface area contributed by atoms with Gasteiger partial charge in [0.25, 0.3) is 0 Å². The van der Waals surface area contributed by atoms with Crippen LogP contribution in [0.4, 0.5) is 0 Å². The molecule has 2 rings (SSSR count). The first-order valence-electron chi connectivity index (χ1n) is 7.07. The second-order valence-corrected chi connectivity index (χ2v) is 4.78. The van der Waals surface area contributed by atoms with Crippen molar-refractivity contribution in [1.29, 1.82) is 5.41 Å². The molecule has 22 heavy (non-hydrogen) atoms. The molecular formula is C17H22ClN3O. The van der Waals surface area contributed by atoms with Gasteiger partial charge >= 0.3 is 0 Å². The summed E-state index contributed by atoms with van der Waals surface area (Å²) in [5, 5.41) is 10.4. The third-order valence-corrected chi connectivity index (χ3v) is 3.24. The summed E-state index contributed by atoms with van der Waals surface area (Å²) in [7, 11) is 1.61. The second-order valence-electron chi connectivity index (χ2n) is 4.40. The molecule has 0 atom stereocenters. The van der Waals surface area contributed by atoms with Crippen molar-refractivity contribution in [2.75, 3.05) is 7.11 Å². The van der Waals surface area contributed by atoms with Crippen molar-refractivity contribution in [3.05, 3.63) is 58.9 Å². The molecule has 0 saturated carbocycles. The number of ether oxygens (including phenoxy) is 1. The highest BCUT2D eigenvalue weighted by atomic mass is 35.5. The summed E-state index contributed by atoms with van der Waals surface area (Å²) < 4.78 is 5.37. The lowest BCUT2D eigenvalue weighted by Crippen LogP contribution is -2.12. The Morgan fingerprint density at radius 1 is 1.32 bits per heavy atom. The van der Waals surface area contributed by atoms with Crippen molar-refractivity contribution in [3.63, 3.8) is 0 Å². The zero-order chi connectivity index (χ0) is 16.7. The van der Waals surface area contributed by atoms with Crippen LogP contribution in [-0.2, 0) is 0 Å². The van der Waals surface area contributed by atoms with Crippen LogP contribution >= 0.6 is 11.6 Å². The molecule has 0 aliphatic carbocycles. The number of hydrogen-bond acceptors (Lipinski definition) is 4. The van der Waals surface area contributed by atoms with Crippen molar-refractivity contribution >= 4 is 22.5 Å². The van der Waals surface area contributed by atoms with E-state index < -0.39 is 0 Å². The molecule has 1 aliphatic rings. The first kappa shape index (κ1) is 17.9. The molecule has 1 aromatic carbocycles. The summed E-state index contributed by atoms with van der Waals surface area (Å²) in [6.45, 7) is 5.99. The molecule has 0 bridgehead atoms. The number of aryl methyl sites for hydroxylation is 1. The minimum Gasteiger partial charge on any atom is -0.496 e. The zero-order valence-corrected chi connectivity index (χ0v) is 14.1. The average molecular weight is 320 g/mol. The molecular weight excluding hydrogens is 298 g/mol. The standard InChI is InChI=1S/C15H16ClN3O.C2H6/c1-9-3-4-11(13(7-9)20-2)14(17)10-5-6-19-8-12(10)15(16)18;1-2/h3-8,18-19H,17H2,1-2H3;1-2H3/b14-10-,18-15?;. The third kappa shape index (κ3) is 3.92. The largest absolute Gasteiger partial charge is 0.496 e. The molecule has 0 saturated heterocycles. The van der Waals surface area contributed by atoms with Crippen LogP contribution in [0.15, 0.2) is 47.8 Å². The Kier molecular flexibility index (Phi) is 6.73. The van der Waals surface area contributed by atoms with Gasteiger partial charge in [0.15, 0.2) is 0 Å². The van der Waals surface area contributed by atoms with Gasteiger partial charge in [0.05, 0.1) is 12.8 Å². The Hall–Kier alpha value is -2.20. The number of hydrogen-bond donors (Lipinski definition) is 3. The summed E-state index contributed by atoms with van der Waals surface area (Å²) in [5.74, 6) is 0.697. The van der Waals surface area contributed by atoms with E-state index in [4.69, 9.17) is 27.5 Å². The third-order valence-electron chi connectivity index (χ3n) is 3.04. The van der Waals surface area contributed by atoms with E-state index in [0.29, 0.717) is 22.6 Å². The number of benzene rings is 1. The number of nitrogens with one attached hydrogen (secondary N) is 2. The van der Waals surface area contributed by atoms with Crippen LogP contribution in [0.3, 0.4) is 0 Å². The smallest absolute Gasteiger partial charge is 0.130 e. The Morgan fingerprint density at radius 2 is 2.00 bits per heavy atom. The predicted molar refractivity (Wildman–Crippen MR) is 94.1 cm³/mol. The van der Waals surface area contributed by atoms with Crippen LogP contribution < -0.4 is 15.8 Å². The van der Waals surface area contributed by atoms with Crippen LogP contribution in [0.2, 0.25) is 0 Å². The number of methoxy groups -OCH3 is 1. The van der Waals surface area contributed by atoms with E-state index in [1.165, 1.54) is 0 Å². The van der Waals surface area contributed by atoms with Gasteiger partial charge in [-0.25, -0.2) is 0 Å². The SMILES string of the molecule is CC.COc1cc(C)ccc1/C(N)=C1\C=CNC=C1C(=N)Cl. The molecule has 0 spiro atoms. The zero-order valence-electron chi connectivity index (χ0n) is 13.3. The molecule has 1 aromatic rings. The fourth-order valence-electron chi connectivity index (χ4n) is 2.01. The lowest BCUT2D eigenvalue weighted by atomic mass is 9.98. The summed E-state index contributed by atoms with van der Waals surface area (Å²) in [5.41, 5.74) is 9.89. The molecule has 4 N–H and O–H groups in total. The maximum absolute atomic E-state index is 7.61. The van der Waals surface area contributed by atoms with Crippen LogP contribution in [0, 0.1) is 12.3 Å². The van der Waals surface area contributed by atoms with Crippen LogP contribution in [0.1, 0.15) is 25.0 Å². The number of halogens is 1. The Morgan fingerprint density at radius 3 is 2.59 bits per heavy atom. The minimum absolute atomic E-state index is 0.0640. The number of nitrogens with two attached hydrogens (primary N) is 1. The highest BCUT2D eigenvalue weighted by Crippen LogP contribution is 2.30. The van der Waals surface area contributed by atoms with E-state index >= 15 is 0 Å². The fraction of sp³-hybridized carbons (Fsp3) is 0.235. The van der Waals surface area contributed by atoms with Crippen molar-refractivity contribution < 1.29 is 4.74 Å². The van der Waals surface area contributed by atoms with Crippen molar-refractivity contribution in [1.82, 2.24) is 5.32 Å². The molecule has 1 aliphatic heterocycles. The van der Waals surface area contributed by atoms with Crippen LogP contribution in [-0.4, -0.2) is 12.3 Å². The Balaban J connectivity index is 0.00000116. The Bertz CT molecular complexity index is 645. The van der Waals surface area contributed by atoms with Gasteiger partial charge in [-0.05, 0) is 30.7 Å².